The van der Waals surface area contributed by atoms with Crippen molar-refractivity contribution in [1.29, 1.82) is 0 Å². The number of amides is 1. The Morgan fingerprint density at radius 2 is 1.80 bits per heavy atom. The maximum absolute atomic E-state index is 14.4. The standard InChI is InChI=1S/C27H28ClF3N2O2/c1-18-23(20-11-13-21(28)14-12-20)24(26(34)32(2)17-22-10-6-7-15-35-22)33(25(18)27(29,30)31)16-19-8-4-3-5-9-19/h3-5,8-9,11-14,22H,6-7,10,15-17H2,1-2H3. The van der Waals surface area contributed by atoms with Gasteiger partial charge in [0.1, 0.15) is 11.4 Å². The van der Waals surface area contributed by atoms with Crippen molar-refractivity contribution in [3.8, 4) is 11.1 Å². The van der Waals surface area contributed by atoms with Gasteiger partial charge in [-0.25, -0.2) is 0 Å². The minimum Gasteiger partial charge on any atom is -0.376 e. The van der Waals surface area contributed by atoms with Gasteiger partial charge in [-0.1, -0.05) is 54.1 Å². The number of halogens is 4. The Kier molecular flexibility index (Phi) is 7.57. The van der Waals surface area contributed by atoms with Crippen molar-refractivity contribution in [2.45, 2.75) is 45.0 Å². The lowest BCUT2D eigenvalue weighted by atomic mass is 10.00. The summed E-state index contributed by atoms with van der Waals surface area (Å²) in [4.78, 5) is 15.3. The first-order valence-electron chi connectivity index (χ1n) is 11.6. The summed E-state index contributed by atoms with van der Waals surface area (Å²) < 4.78 is 50.2. The zero-order valence-corrected chi connectivity index (χ0v) is 20.5. The van der Waals surface area contributed by atoms with Crippen molar-refractivity contribution in [3.63, 3.8) is 0 Å². The van der Waals surface area contributed by atoms with Crippen LogP contribution in [-0.4, -0.2) is 41.7 Å². The topological polar surface area (TPSA) is 34.5 Å². The van der Waals surface area contributed by atoms with Crippen LogP contribution < -0.4 is 0 Å². The molecule has 0 N–H and O–H groups in total. The van der Waals surface area contributed by atoms with Crippen LogP contribution in [0.25, 0.3) is 11.1 Å². The highest BCUT2D eigenvalue weighted by molar-refractivity contribution is 6.30. The summed E-state index contributed by atoms with van der Waals surface area (Å²) in [6.07, 6.45) is -1.98. The Labute approximate surface area is 208 Å². The molecule has 8 heteroatoms. The lowest BCUT2D eigenvalue weighted by molar-refractivity contribution is -0.143. The van der Waals surface area contributed by atoms with Crippen LogP contribution >= 0.6 is 11.6 Å². The van der Waals surface area contributed by atoms with Crippen molar-refractivity contribution < 1.29 is 22.7 Å². The van der Waals surface area contributed by atoms with Crippen LogP contribution in [0.2, 0.25) is 5.02 Å². The number of nitrogens with zero attached hydrogens (tertiary/aromatic N) is 2. The first-order valence-corrected chi connectivity index (χ1v) is 12.0. The van der Waals surface area contributed by atoms with Crippen molar-refractivity contribution >= 4 is 17.5 Å². The number of rotatable bonds is 6. The summed E-state index contributed by atoms with van der Waals surface area (Å²) in [5.74, 6) is -0.473. The molecule has 186 valence electrons. The maximum atomic E-state index is 14.4. The molecule has 35 heavy (non-hydrogen) atoms. The summed E-state index contributed by atoms with van der Waals surface area (Å²) in [6.45, 7) is 2.29. The number of likely N-dealkylation sites (N-methyl/N-ethyl adjacent to an activating group) is 1. The van der Waals surface area contributed by atoms with E-state index in [1.165, 1.54) is 11.8 Å². The van der Waals surface area contributed by atoms with Gasteiger partial charge in [0.15, 0.2) is 0 Å². The average Bonchev–Trinajstić information content (AvgIpc) is 3.12. The van der Waals surface area contributed by atoms with Crippen LogP contribution in [0, 0.1) is 6.92 Å². The molecule has 0 radical (unpaired) electrons. The second kappa shape index (κ2) is 10.5. The molecular formula is C27H28ClF3N2O2. The van der Waals surface area contributed by atoms with E-state index < -0.39 is 17.8 Å². The third-order valence-corrected chi connectivity index (χ3v) is 6.64. The molecule has 0 saturated carbocycles. The van der Waals surface area contributed by atoms with Crippen molar-refractivity contribution in [3.05, 3.63) is 82.1 Å². The normalized spacial score (nSPS) is 16.3. The van der Waals surface area contributed by atoms with Gasteiger partial charge in [-0.3, -0.25) is 4.79 Å². The number of hydrogen-bond donors (Lipinski definition) is 0. The van der Waals surface area contributed by atoms with E-state index in [0.717, 1.165) is 23.8 Å². The summed E-state index contributed by atoms with van der Waals surface area (Å²) in [5, 5.41) is 0.464. The molecule has 1 aromatic heterocycles. The van der Waals surface area contributed by atoms with Crippen LogP contribution in [0.4, 0.5) is 13.2 Å². The Hall–Kier alpha value is -2.77. The highest BCUT2D eigenvalue weighted by Gasteiger charge is 2.41. The number of ether oxygens (including phenoxy) is 1. The van der Waals surface area contributed by atoms with Crippen LogP contribution in [0.5, 0.6) is 0 Å². The molecule has 4 nitrogen and oxygen atoms in total. The molecule has 0 spiro atoms. The molecule has 3 aromatic rings. The lowest BCUT2D eigenvalue weighted by Gasteiger charge is -2.28. The number of aromatic nitrogens is 1. The highest BCUT2D eigenvalue weighted by atomic mass is 35.5. The third kappa shape index (κ3) is 5.57. The summed E-state index contributed by atoms with van der Waals surface area (Å²) >= 11 is 6.04. The van der Waals surface area contributed by atoms with Crippen LogP contribution in [-0.2, 0) is 17.5 Å². The second-order valence-corrected chi connectivity index (χ2v) is 9.38. The molecule has 0 aliphatic carbocycles. The minimum absolute atomic E-state index is 0.0132. The predicted molar refractivity (Wildman–Crippen MR) is 131 cm³/mol. The fourth-order valence-corrected chi connectivity index (χ4v) is 4.87. The quantitative estimate of drug-likeness (QED) is 0.369. The largest absolute Gasteiger partial charge is 0.431 e. The van der Waals surface area contributed by atoms with Gasteiger partial charge >= 0.3 is 6.18 Å². The van der Waals surface area contributed by atoms with E-state index in [9.17, 15) is 18.0 Å². The smallest absolute Gasteiger partial charge is 0.376 e. The Morgan fingerprint density at radius 3 is 2.40 bits per heavy atom. The molecule has 1 amide bonds. The molecule has 1 fully saturated rings. The number of hydrogen-bond acceptors (Lipinski definition) is 2. The number of alkyl halides is 3. The van der Waals surface area contributed by atoms with Gasteiger partial charge in [0.2, 0.25) is 0 Å². The summed E-state index contributed by atoms with van der Waals surface area (Å²) in [6, 6.07) is 15.4. The zero-order valence-electron chi connectivity index (χ0n) is 19.7. The third-order valence-electron chi connectivity index (χ3n) is 6.39. The van der Waals surface area contributed by atoms with Gasteiger partial charge in [0.05, 0.1) is 6.10 Å². The maximum Gasteiger partial charge on any atom is 0.431 e. The zero-order chi connectivity index (χ0) is 25.2. The number of carbonyl (C=O) groups is 1. The van der Waals surface area contributed by atoms with Crippen molar-refractivity contribution in [2.24, 2.45) is 0 Å². The highest BCUT2D eigenvalue weighted by Crippen LogP contribution is 2.42. The van der Waals surface area contributed by atoms with E-state index >= 15 is 0 Å². The first-order chi connectivity index (χ1) is 16.7. The Balaban J connectivity index is 1.88. The fourth-order valence-electron chi connectivity index (χ4n) is 4.75. The molecule has 1 atom stereocenters. The number of carbonyl (C=O) groups excluding carboxylic acids is 1. The second-order valence-electron chi connectivity index (χ2n) is 8.95. The predicted octanol–water partition coefficient (Wildman–Crippen LogP) is 6.83. The van der Waals surface area contributed by atoms with Gasteiger partial charge in [0, 0.05) is 37.3 Å². The molecule has 1 aliphatic heterocycles. The first kappa shape index (κ1) is 25.3. The van der Waals surface area contributed by atoms with Gasteiger partial charge in [0.25, 0.3) is 5.91 Å². The van der Waals surface area contributed by atoms with E-state index in [2.05, 4.69) is 0 Å². The fraction of sp³-hybridized carbons (Fsp3) is 0.370. The monoisotopic (exact) mass is 504 g/mol. The molecule has 1 aliphatic rings. The van der Waals surface area contributed by atoms with E-state index in [1.54, 1.807) is 61.6 Å². The van der Waals surface area contributed by atoms with Gasteiger partial charge in [-0.05, 0) is 55.0 Å². The van der Waals surface area contributed by atoms with E-state index in [1.807, 2.05) is 0 Å². The van der Waals surface area contributed by atoms with Crippen molar-refractivity contribution in [1.82, 2.24) is 9.47 Å². The van der Waals surface area contributed by atoms with Gasteiger partial charge in [-0.2, -0.15) is 13.2 Å². The summed E-state index contributed by atoms with van der Waals surface area (Å²) in [5.41, 5.74) is 0.655. The average molecular weight is 505 g/mol. The van der Waals surface area contributed by atoms with Crippen LogP contribution in [0.1, 0.15) is 46.6 Å². The van der Waals surface area contributed by atoms with E-state index in [-0.39, 0.29) is 29.5 Å². The molecule has 1 saturated heterocycles. The van der Waals surface area contributed by atoms with Gasteiger partial charge in [-0.15, -0.1) is 0 Å². The van der Waals surface area contributed by atoms with Crippen LogP contribution in [0.3, 0.4) is 0 Å². The molecule has 2 aromatic carbocycles. The lowest BCUT2D eigenvalue weighted by Crippen LogP contribution is -2.38. The Morgan fingerprint density at radius 1 is 1.11 bits per heavy atom. The molecule has 4 rings (SSSR count). The van der Waals surface area contributed by atoms with Crippen LogP contribution in [0.15, 0.2) is 54.6 Å². The SMILES string of the molecule is Cc1c(-c2ccc(Cl)cc2)c(C(=O)N(C)CC2CCCCO2)n(Cc2ccccc2)c1C(F)(F)F. The Bertz CT molecular complexity index is 1170. The minimum atomic E-state index is -4.65. The molecule has 0 bridgehead atoms. The summed E-state index contributed by atoms with van der Waals surface area (Å²) in [7, 11) is 1.62. The van der Waals surface area contributed by atoms with E-state index in [0.29, 0.717) is 29.3 Å². The van der Waals surface area contributed by atoms with Crippen molar-refractivity contribution in [2.75, 3.05) is 20.2 Å². The molecule has 2 heterocycles. The van der Waals surface area contributed by atoms with Gasteiger partial charge < -0.3 is 14.2 Å². The number of benzene rings is 2. The van der Waals surface area contributed by atoms with E-state index in [4.69, 9.17) is 16.3 Å². The molecule has 1 unspecified atom stereocenters. The molecular weight excluding hydrogens is 477 g/mol.